The molecule has 0 amide bonds. The molecule has 2 aliphatic heterocycles. The summed E-state index contributed by atoms with van der Waals surface area (Å²) in [5.41, 5.74) is 2.91. The van der Waals surface area contributed by atoms with Gasteiger partial charge in [0.15, 0.2) is 5.82 Å². The first kappa shape index (κ1) is 17.8. The van der Waals surface area contributed by atoms with Crippen molar-refractivity contribution in [2.45, 2.75) is 57.9 Å². The van der Waals surface area contributed by atoms with Crippen LogP contribution in [0, 0.1) is 11.3 Å². The first-order chi connectivity index (χ1) is 13.3. The first-order valence-electron chi connectivity index (χ1n) is 10.2. The van der Waals surface area contributed by atoms with E-state index in [0.29, 0.717) is 11.4 Å². The lowest BCUT2D eigenvalue weighted by Gasteiger charge is -2.22. The Morgan fingerprint density at radius 2 is 1.59 bits per heavy atom. The summed E-state index contributed by atoms with van der Waals surface area (Å²) in [5.74, 6) is 1.73. The van der Waals surface area contributed by atoms with Gasteiger partial charge in [0, 0.05) is 31.7 Å². The second kappa shape index (κ2) is 8.39. The fourth-order valence-corrected chi connectivity index (χ4v) is 4.11. The molecule has 27 heavy (non-hydrogen) atoms. The Labute approximate surface area is 161 Å². The zero-order valence-electron chi connectivity index (χ0n) is 15.9. The second-order valence-corrected chi connectivity index (χ2v) is 7.56. The van der Waals surface area contributed by atoms with E-state index in [-0.39, 0.29) is 0 Å². The molecule has 1 saturated heterocycles. The molecule has 140 valence electrons. The number of fused-ring (bicyclic) bond motifs is 1. The normalized spacial score (nSPS) is 18.3. The van der Waals surface area contributed by atoms with Gasteiger partial charge in [-0.25, -0.2) is 0 Å². The fourth-order valence-electron chi connectivity index (χ4n) is 4.11. The van der Waals surface area contributed by atoms with Crippen molar-refractivity contribution in [1.82, 2.24) is 14.8 Å². The average Bonchev–Trinajstić information content (AvgIpc) is 2.91. The average molecular weight is 361 g/mol. The standard InChI is InChI=1S/C22H27N5/c23-17-19(22-25-24-21-8-4-3-7-15-27(21)22)16-18-9-11-20(12-10-18)26-13-5-1-2-6-14-26/h9-12,16H,1-8,13-15H2/b19-16+. The van der Waals surface area contributed by atoms with Gasteiger partial charge in [-0.15, -0.1) is 10.2 Å². The molecule has 1 aromatic heterocycles. The molecule has 0 aliphatic carbocycles. The van der Waals surface area contributed by atoms with Crippen molar-refractivity contribution in [3.05, 3.63) is 41.5 Å². The highest BCUT2D eigenvalue weighted by Crippen LogP contribution is 2.24. The molecule has 0 atom stereocenters. The van der Waals surface area contributed by atoms with Crippen LogP contribution in [0.5, 0.6) is 0 Å². The quantitative estimate of drug-likeness (QED) is 0.758. The summed E-state index contributed by atoms with van der Waals surface area (Å²) >= 11 is 0. The molecule has 1 fully saturated rings. The SMILES string of the molecule is N#C/C(=C\c1ccc(N2CCCCCC2)cc1)c1nnc2n1CCCCC2. The molecule has 0 radical (unpaired) electrons. The summed E-state index contributed by atoms with van der Waals surface area (Å²) in [6.07, 6.45) is 11.6. The van der Waals surface area contributed by atoms with Gasteiger partial charge in [0.25, 0.3) is 0 Å². The Morgan fingerprint density at radius 3 is 2.33 bits per heavy atom. The minimum atomic E-state index is 0.596. The lowest BCUT2D eigenvalue weighted by Crippen LogP contribution is -2.23. The van der Waals surface area contributed by atoms with Gasteiger partial charge in [-0.2, -0.15) is 5.26 Å². The number of hydrogen-bond acceptors (Lipinski definition) is 4. The van der Waals surface area contributed by atoms with E-state index in [1.54, 1.807) is 0 Å². The van der Waals surface area contributed by atoms with Gasteiger partial charge in [-0.05, 0) is 49.5 Å². The highest BCUT2D eigenvalue weighted by atomic mass is 15.3. The Hall–Kier alpha value is -2.61. The fraction of sp³-hybridized carbons (Fsp3) is 0.500. The van der Waals surface area contributed by atoms with E-state index in [1.807, 2.05) is 6.08 Å². The van der Waals surface area contributed by atoms with E-state index in [0.717, 1.165) is 50.3 Å². The molecule has 5 nitrogen and oxygen atoms in total. The van der Waals surface area contributed by atoms with Gasteiger partial charge < -0.3 is 9.47 Å². The Balaban J connectivity index is 1.56. The number of hydrogen-bond donors (Lipinski definition) is 0. The van der Waals surface area contributed by atoms with Crippen LogP contribution in [0.4, 0.5) is 5.69 Å². The zero-order valence-corrected chi connectivity index (χ0v) is 15.9. The number of anilines is 1. The Kier molecular flexibility index (Phi) is 5.53. The summed E-state index contributed by atoms with van der Waals surface area (Å²) in [4.78, 5) is 2.48. The van der Waals surface area contributed by atoms with Crippen LogP contribution in [0.2, 0.25) is 0 Å². The molecule has 0 bridgehead atoms. The lowest BCUT2D eigenvalue weighted by atomic mass is 10.1. The smallest absolute Gasteiger partial charge is 0.174 e. The maximum Gasteiger partial charge on any atom is 0.174 e. The lowest BCUT2D eigenvalue weighted by molar-refractivity contribution is 0.627. The molecule has 0 spiro atoms. The maximum absolute atomic E-state index is 9.71. The zero-order chi connectivity index (χ0) is 18.5. The molecular weight excluding hydrogens is 334 g/mol. The van der Waals surface area contributed by atoms with Gasteiger partial charge in [-0.3, -0.25) is 0 Å². The number of nitrogens with zero attached hydrogens (tertiary/aromatic N) is 5. The van der Waals surface area contributed by atoms with Gasteiger partial charge in [-0.1, -0.05) is 31.4 Å². The third kappa shape index (κ3) is 4.05. The van der Waals surface area contributed by atoms with Crippen LogP contribution in [0.3, 0.4) is 0 Å². The Morgan fingerprint density at radius 1 is 0.889 bits per heavy atom. The molecule has 0 unspecified atom stereocenters. The summed E-state index contributed by atoms with van der Waals surface area (Å²) in [6, 6.07) is 10.9. The van der Waals surface area contributed by atoms with Crippen LogP contribution in [0.15, 0.2) is 24.3 Å². The highest BCUT2D eigenvalue weighted by molar-refractivity contribution is 5.87. The third-order valence-electron chi connectivity index (χ3n) is 5.65. The number of allylic oxidation sites excluding steroid dienone is 1. The molecule has 1 aromatic carbocycles. The van der Waals surface area contributed by atoms with E-state index >= 15 is 0 Å². The van der Waals surface area contributed by atoms with Crippen LogP contribution in [0.1, 0.15) is 62.2 Å². The van der Waals surface area contributed by atoms with E-state index in [2.05, 4.69) is 50.0 Å². The minimum Gasteiger partial charge on any atom is -0.372 e. The molecule has 2 aromatic rings. The van der Waals surface area contributed by atoms with Crippen LogP contribution in [0.25, 0.3) is 11.6 Å². The number of aryl methyl sites for hydroxylation is 1. The van der Waals surface area contributed by atoms with Crippen LogP contribution in [-0.2, 0) is 13.0 Å². The molecular formula is C22H27N5. The predicted molar refractivity (Wildman–Crippen MR) is 108 cm³/mol. The van der Waals surface area contributed by atoms with Gasteiger partial charge in [0.2, 0.25) is 0 Å². The van der Waals surface area contributed by atoms with Crippen molar-refractivity contribution in [2.24, 2.45) is 0 Å². The minimum absolute atomic E-state index is 0.596. The van der Waals surface area contributed by atoms with Gasteiger partial charge in [0.1, 0.15) is 11.9 Å². The van der Waals surface area contributed by atoms with Crippen LogP contribution in [-0.4, -0.2) is 27.9 Å². The summed E-state index contributed by atoms with van der Waals surface area (Å²) in [5, 5.41) is 18.4. The molecule has 0 saturated carbocycles. The van der Waals surface area contributed by atoms with Gasteiger partial charge in [0.05, 0.1) is 5.57 Å². The first-order valence-corrected chi connectivity index (χ1v) is 10.2. The van der Waals surface area contributed by atoms with Crippen molar-refractivity contribution in [1.29, 1.82) is 5.26 Å². The summed E-state index contributed by atoms with van der Waals surface area (Å²) < 4.78 is 2.13. The number of rotatable bonds is 3. The maximum atomic E-state index is 9.71. The number of nitriles is 1. The van der Waals surface area contributed by atoms with Gasteiger partial charge >= 0.3 is 0 Å². The van der Waals surface area contributed by atoms with Crippen molar-refractivity contribution in [3.8, 4) is 6.07 Å². The molecule has 4 rings (SSSR count). The van der Waals surface area contributed by atoms with Crippen LogP contribution >= 0.6 is 0 Å². The van der Waals surface area contributed by atoms with E-state index < -0.39 is 0 Å². The van der Waals surface area contributed by atoms with Crippen molar-refractivity contribution >= 4 is 17.3 Å². The Bertz CT molecular complexity index is 833. The van der Waals surface area contributed by atoms with Crippen molar-refractivity contribution in [2.75, 3.05) is 18.0 Å². The molecule has 0 N–H and O–H groups in total. The summed E-state index contributed by atoms with van der Waals surface area (Å²) in [7, 11) is 0. The highest BCUT2D eigenvalue weighted by Gasteiger charge is 2.17. The number of aromatic nitrogens is 3. The molecule has 2 aliphatic rings. The molecule has 3 heterocycles. The molecule has 5 heteroatoms. The monoisotopic (exact) mass is 361 g/mol. The predicted octanol–water partition coefficient (Wildman–Crippen LogP) is 4.45. The topological polar surface area (TPSA) is 57.7 Å². The van der Waals surface area contributed by atoms with E-state index in [9.17, 15) is 5.26 Å². The van der Waals surface area contributed by atoms with Crippen LogP contribution < -0.4 is 4.90 Å². The van der Waals surface area contributed by atoms with E-state index in [1.165, 1.54) is 37.8 Å². The van der Waals surface area contributed by atoms with E-state index in [4.69, 9.17) is 0 Å². The van der Waals surface area contributed by atoms with Crippen molar-refractivity contribution < 1.29 is 0 Å². The largest absolute Gasteiger partial charge is 0.372 e. The summed E-state index contributed by atoms with van der Waals surface area (Å²) in [6.45, 7) is 3.19. The third-order valence-corrected chi connectivity index (χ3v) is 5.65. The number of benzene rings is 1. The van der Waals surface area contributed by atoms with Crippen molar-refractivity contribution in [3.63, 3.8) is 0 Å². The second-order valence-electron chi connectivity index (χ2n) is 7.56.